The van der Waals surface area contributed by atoms with Crippen molar-refractivity contribution in [1.82, 2.24) is 5.32 Å². The molecular weight excluding hydrogens is 289 g/mol. The molecule has 0 aliphatic rings. The number of hydrogen-bond donors (Lipinski definition) is 1. The van der Waals surface area contributed by atoms with Crippen LogP contribution in [0.15, 0.2) is 40.2 Å². The maximum atomic E-state index is 13.3. The smallest absolute Gasteiger partial charge is 0.127 e. The highest BCUT2D eigenvalue weighted by molar-refractivity contribution is 9.11. The quantitative estimate of drug-likeness (QED) is 0.902. The summed E-state index contributed by atoms with van der Waals surface area (Å²) in [6, 6.07) is 10.9. The lowest BCUT2D eigenvalue weighted by atomic mass is 10.2. The third-order valence-electron chi connectivity index (χ3n) is 2.20. The Balaban J connectivity index is 1.87. The Morgan fingerprint density at radius 2 is 1.94 bits per heavy atom. The maximum Gasteiger partial charge on any atom is 0.127 e. The molecule has 1 aromatic carbocycles. The van der Waals surface area contributed by atoms with Crippen LogP contribution in [-0.4, -0.2) is 0 Å². The van der Waals surface area contributed by atoms with Gasteiger partial charge in [-0.3, -0.25) is 0 Å². The number of nitrogens with one attached hydrogen (secondary N) is 1. The van der Waals surface area contributed by atoms with Crippen LogP contribution >= 0.6 is 27.3 Å². The van der Waals surface area contributed by atoms with Gasteiger partial charge in [-0.15, -0.1) is 11.3 Å². The van der Waals surface area contributed by atoms with Gasteiger partial charge < -0.3 is 5.32 Å². The minimum absolute atomic E-state index is 0.151. The molecule has 0 aliphatic carbocycles. The minimum atomic E-state index is -0.151. The molecule has 2 aromatic rings. The van der Waals surface area contributed by atoms with Crippen molar-refractivity contribution in [1.29, 1.82) is 0 Å². The molecule has 84 valence electrons. The number of thiophene rings is 1. The topological polar surface area (TPSA) is 12.0 Å². The highest BCUT2D eigenvalue weighted by Gasteiger charge is 2.01. The van der Waals surface area contributed by atoms with Crippen LogP contribution in [0.3, 0.4) is 0 Å². The zero-order chi connectivity index (χ0) is 11.4. The fraction of sp³-hybridized carbons (Fsp3) is 0.167. The van der Waals surface area contributed by atoms with Crippen molar-refractivity contribution in [2.45, 2.75) is 13.1 Å². The highest BCUT2D eigenvalue weighted by Crippen LogP contribution is 2.21. The zero-order valence-corrected chi connectivity index (χ0v) is 10.9. The summed E-state index contributed by atoms with van der Waals surface area (Å²) in [6.45, 7) is 1.33. The summed E-state index contributed by atoms with van der Waals surface area (Å²) in [5, 5.41) is 3.22. The molecule has 0 saturated heterocycles. The second kappa shape index (κ2) is 5.57. The van der Waals surface area contributed by atoms with Gasteiger partial charge in [0, 0.05) is 23.5 Å². The molecule has 0 radical (unpaired) electrons. The molecule has 16 heavy (non-hydrogen) atoms. The number of rotatable bonds is 4. The van der Waals surface area contributed by atoms with Gasteiger partial charge in [-0.2, -0.15) is 0 Å². The molecule has 0 spiro atoms. The SMILES string of the molecule is Fc1ccccc1CNCc1ccc(Br)s1. The van der Waals surface area contributed by atoms with Crippen LogP contribution in [0.25, 0.3) is 0 Å². The standard InChI is InChI=1S/C12H11BrFNS/c13-12-6-5-10(16-12)8-15-7-9-3-1-2-4-11(9)14/h1-6,15H,7-8H2. The summed E-state index contributed by atoms with van der Waals surface area (Å²) < 4.78 is 14.4. The van der Waals surface area contributed by atoms with E-state index in [0.717, 1.165) is 10.3 Å². The van der Waals surface area contributed by atoms with Gasteiger partial charge >= 0.3 is 0 Å². The van der Waals surface area contributed by atoms with Gasteiger partial charge in [0.05, 0.1) is 3.79 Å². The minimum Gasteiger partial charge on any atom is -0.308 e. The molecule has 1 heterocycles. The molecule has 0 atom stereocenters. The van der Waals surface area contributed by atoms with Crippen LogP contribution in [-0.2, 0) is 13.1 Å². The summed E-state index contributed by atoms with van der Waals surface area (Å²) in [5.41, 5.74) is 0.707. The van der Waals surface area contributed by atoms with Crippen molar-refractivity contribution in [3.8, 4) is 0 Å². The Kier molecular flexibility index (Phi) is 4.09. The number of halogens is 2. The fourth-order valence-corrected chi connectivity index (χ4v) is 2.86. The van der Waals surface area contributed by atoms with Crippen molar-refractivity contribution >= 4 is 27.3 Å². The number of benzene rings is 1. The van der Waals surface area contributed by atoms with E-state index in [2.05, 4.69) is 27.3 Å². The van der Waals surface area contributed by atoms with Crippen molar-refractivity contribution in [3.63, 3.8) is 0 Å². The molecular formula is C12H11BrFNS. The molecule has 4 heteroatoms. The molecule has 0 amide bonds. The van der Waals surface area contributed by atoms with E-state index in [1.807, 2.05) is 12.1 Å². The van der Waals surface area contributed by atoms with Crippen LogP contribution < -0.4 is 5.32 Å². The van der Waals surface area contributed by atoms with Crippen LogP contribution in [0.1, 0.15) is 10.4 Å². The molecule has 2 rings (SSSR count). The third kappa shape index (κ3) is 3.14. The maximum absolute atomic E-state index is 13.3. The first-order chi connectivity index (χ1) is 7.75. The molecule has 1 N–H and O–H groups in total. The first-order valence-electron chi connectivity index (χ1n) is 4.94. The second-order valence-electron chi connectivity index (χ2n) is 3.40. The van der Waals surface area contributed by atoms with Crippen molar-refractivity contribution in [2.75, 3.05) is 0 Å². The van der Waals surface area contributed by atoms with Crippen LogP contribution in [0, 0.1) is 5.82 Å². The lowest BCUT2D eigenvalue weighted by Crippen LogP contribution is -2.12. The summed E-state index contributed by atoms with van der Waals surface area (Å²) in [4.78, 5) is 1.24. The summed E-state index contributed by atoms with van der Waals surface area (Å²) in [5.74, 6) is -0.151. The first-order valence-corrected chi connectivity index (χ1v) is 6.55. The lowest BCUT2D eigenvalue weighted by molar-refractivity contribution is 0.589. The summed E-state index contributed by atoms with van der Waals surface area (Å²) in [6.07, 6.45) is 0. The van der Waals surface area contributed by atoms with Crippen molar-refractivity contribution in [3.05, 3.63) is 56.4 Å². The van der Waals surface area contributed by atoms with Gasteiger partial charge in [0.25, 0.3) is 0 Å². The third-order valence-corrected chi connectivity index (χ3v) is 3.83. The highest BCUT2D eigenvalue weighted by atomic mass is 79.9. The second-order valence-corrected chi connectivity index (χ2v) is 5.95. The molecule has 0 bridgehead atoms. The molecule has 1 nitrogen and oxygen atoms in total. The molecule has 0 saturated carbocycles. The predicted molar refractivity (Wildman–Crippen MR) is 69.0 cm³/mol. The Morgan fingerprint density at radius 3 is 2.62 bits per heavy atom. The zero-order valence-electron chi connectivity index (χ0n) is 8.54. The average molecular weight is 300 g/mol. The van der Waals surface area contributed by atoms with Gasteiger partial charge in [-0.05, 0) is 34.1 Å². The van der Waals surface area contributed by atoms with E-state index in [1.54, 1.807) is 23.5 Å². The van der Waals surface area contributed by atoms with E-state index in [0.29, 0.717) is 12.1 Å². The Hall–Kier alpha value is -0.710. The Morgan fingerprint density at radius 1 is 1.12 bits per heavy atom. The van der Waals surface area contributed by atoms with Gasteiger partial charge in [0.2, 0.25) is 0 Å². The molecule has 0 fully saturated rings. The van der Waals surface area contributed by atoms with Crippen LogP contribution in [0.2, 0.25) is 0 Å². The molecule has 0 aliphatic heterocycles. The normalized spacial score (nSPS) is 10.6. The largest absolute Gasteiger partial charge is 0.308 e. The monoisotopic (exact) mass is 299 g/mol. The molecule has 0 unspecified atom stereocenters. The fourth-order valence-electron chi connectivity index (χ4n) is 1.41. The lowest BCUT2D eigenvalue weighted by Gasteiger charge is -2.04. The van der Waals surface area contributed by atoms with E-state index in [-0.39, 0.29) is 5.82 Å². The van der Waals surface area contributed by atoms with Crippen molar-refractivity contribution < 1.29 is 4.39 Å². The van der Waals surface area contributed by atoms with Gasteiger partial charge in [0.15, 0.2) is 0 Å². The van der Waals surface area contributed by atoms with Gasteiger partial charge in [0.1, 0.15) is 5.82 Å². The van der Waals surface area contributed by atoms with Crippen molar-refractivity contribution in [2.24, 2.45) is 0 Å². The average Bonchev–Trinajstić information content (AvgIpc) is 2.67. The Bertz CT molecular complexity index is 470. The van der Waals surface area contributed by atoms with E-state index in [1.165, 1.54) is 10.9 Å². The van der Waals surface area contributed by atoms with E-state index in [4.69, 9.17) is 0 Å². The number of hydrogen-bond acceptors (Lipinski definition) is 2. The molecule has 1 aromatic heterocycles. The van der Waals surface area contributed by atoms with Gasteiger partial charge in [-0.25, -0.2) is 4.39 Å². The Labute approximate surface area is 106 Å². The van der Waals surface area contributed by atoms with Crippen LogP contribution in [0.4, 0.5) is 4.39 Å². The van der Waals surface area contributed by atoms with E-state index < -0.39 is 0 Å². The summed E-state index contributed by atoms with van der Waals surface area (Å²) in [7, 11) is 0. The summed E-state index contributed by atoms with van der Waals surface area (Å²) >= 11 is 5.10. The van der Waals surface area contributed by atoms with E-state index in [9.17, 15) is 4.39 Å². The van der Waals surface area contributed by atoms with E-state index >= 15 is 0 Å². The predicted octanol–water partition coefficient (Wildman–Crippen LogP) is 3.94. The van der Waals surface area contributed by atoms with Gasteiger partial charge in [-0.1, -0.05) is 18.2 Å². The first kappa shape index (κ1) is 11.8. The van der Waals surface area contributed by atoms with Crippen LogP contribution in [0.5, 0.6) is 0 Å².